The summed E-state index contributed by atoms with van der Waals surface area (Å²) >= 11 is 12.4. The Bertz CT molecular complexity index is 665. The number of rotatable bonds is 5. The van der Waals surface area contributed by atoms with Gasteiger partial charge in [0.2, 0.25) is 0 Å². The first-order chi connectivity index (χ1) is 10.5. The number of benzene rings is 1. The van der Waals surface area contributed by atoms with Gasteiger partial charge in [0.05, 0.1) is 10.0 Å². The third-order valence-electron chi connectivity index (χ3n) is 3.32. The molecule has 0 bridgehead atoms. The number of likely N-dealkylation sites (N-methyl/N-ethyl adjacent to an activating group) is 2. The fourth-order valence-corrected chi connectivity index (χ4v) is 2.67. The van der Waals surface area contributed by atoms with E-state index in [2.05, 4.69) is 10.5 Å². The van der Waals surface area contributed by atoms with Gasteiger partial charge in [-0.25, -0.2) is 0 Å². The van der Waals surface area contributed by atoms with Crippen LogP contribution < -0.4 is 5.32 Å². The van der Waals surface area contributed by atoms with Crippen LogP contribution in [0.1, 0.15) is 16.1 Å². The summed E-state index contributed by atoms with van der Waals surface area (Å²) in [6, 6.07) is 5.14. The van der Waals surface area contributed by atoms with E-state index in [0.29, 0.717) is 45.7 Å². The van der Waals surface area contributed by atoms with Crippen molar-refractivity contribution in [3.63, 3.8) is 0 Å². The smallest absolute Gasteiger partial charge is 0.259 e. The van der Waals surface area contributed by atoms with Gasteiger partial charge in [-0.1, -0.05) is 34.4 Å². The Kier molecular flexibility index (Phi) is 5.45. The molecule has 0 saturated heterocycles. The van der Waals surface area contributed by atoms with Crippen LogP contribution in [0.3, 0.4) is 0 Å². The van der Waals surface area contributed by atoms with E-state index in [-0.39, 0.29) is 5.91 Å². The number of nitrogens with zero attached hydrogens (tertiary/aromatic N) is 2. The van der Waals surface area contributed by atoms with Crippen LogP contribution in [0, 0.1) is 6.92 Å². The van der Waals surface area contributed by atoms with Crippen LogP contribution in [0.5, 0.6) is 0 Å². The van der Waals surface area contributed by atoms with E-state index in [1.807, 2.05) is 7.05 Å². The van der Waals surface area contributed by atoms with Crippen molar-refractivity contribution >= 4 is 29.1 Å². The quantitative estimate of drug-likeness (QED) is 0.906. The third-order valence-corrected chi connectivity index (χ3v) is 3.95. The molecule has 0 atom stereocenters. The van der Waals surface area contributed by atoms with Crippen molar-refractivity contribution in [2.45, 2.75) is 6.92 Å². The van der Waals surface area contributed by atoms with Gasteiger partial charge in [-0.05, 0) is 26.1 Å². The van der Waals surface area contributed by atoms with E-state index < -0.39 is 0 Å². The maximum Gasteiger partial charge on any atom is 0.259 e. The van der Waals surface area contributed by atoms with Gasteiger partial charge in [-0.3, -0.25) is 4.79 Å². The number of aryl methyl sites for hydroxylation is 1. The fourth-order valence-electron chi connectivity index (χ4n) is 2.09. The molecule has 118 valence electrons. The van der Waals surface area contributed by atoms with Gasteiger partial charge in [0.1, 0.15) is 17.0 Å². The van der Waals surface area contributed by atoms with Gasteiger partial charge in [0.15, 0.2) is 0 Å². The second-order valence-electron chi connectivity index (χ2n) is 4.89. The Labute approximate surface area is 139 Å². The topological polar surface area (TPSA) is 58.4 Å². The molecule has 1 aromatic carbocycles. The van der Waals surface area contributed by atoms with Crippen LogP contribution in [0.15, 0.2) is 22.7 Å². The Morgan fingerprint density at radius 2 is 2.00 bits per heavy atom. The van der Waals surface area contributed by atoms with Crippen molar-refractivity contribution in [2.24, 2.45) is 0 Å². The molecule has 0 saturated carbocycles. The van der Waals surface area contributed by atoms with Crippen LogP contribution >= 0.6 is 23.2 Å². The third kappa shape index (κ3) is 3.27. The predicted octanol–water partition coefficient (Wildman–Crippen LogP) is 3.25. The lowest BCUT2D eigenvalue weighted by Gasteiger charge is -2.17. The molecule has 0 spiro atoms. The summed E-state index contributed by atoms with van der Waals surface area (Å²) in [7, 11) is 3.56. The summed E-state index contributed by atoms with van der Waals surface area (Å²) in [5, 5.41) is 7.83. The highest BCUT2D eigenvalue weighted by Gasteiger charge is 2.26. The minimum atomic E-state index is -0.181. The van der Waals surface area contributed by atoms with Crippen LogP contribution in [0.25, 0.3) is 11.3 Å². The maximum absolute atomic E-state index is 12.7. The molecule has 1 aromatic heterocycles. The van der Waals surface area contributed by atoms with Gasteiger partial charge >= 0.3 is 0 Å². The first-order valence-electron chi connectivity index (χ1n) is 6.78. The van der Waals surface area contributed by atoms with Crippen LogP contribution in [-0.4, -0.2) is 43.1 Å². The Morgan fingerprint density at radius 1 is 1.36 bits per heavy atom. The summed E-state index contributed by atoms with van der Waals surface area (Å²) in [5.74, 6) is 0.257. The number of amides is 1. The average Bonchev–Trinajstić information content (AvgIpc) is 2.85. The van der Waals surface area contributed by atoms with E-state index in [1.165, 1.54) is 0 Å². The number of nitrogens with one attached hydrogen (secondary N) is 1. The molecule has 0 fully saturated rings. The summed E-state index contributed by atoms with van der Waals surface area (Å²) in [6.45, 7) is 2.95. The van der Waals surface area contributed by atoms with Crippen LogP contribution in [0.2, 0.25) is 10.0 Å². The summed E-state index contributed by atoms with van der Waals surface area (Å²) in [5.41, 5.74) is 1.26. The van der Waals surface area contributed by atoms with Crippen molar-refractivity contribution in [2.75, 3.05) is 27.2 Å². The lowest BCUT2D eigenvalue weighted by Crippen LogP contribution is -2.33. The largest absolute Gasteiger partial charge is 0.360 e. The standard InChI is InChI=1S/C15H17Cl2N3O2/c1-9-12(15(21)20(3)8-7-18-2)14(19-22-9)13-10(16)5-4-6-11(13)17/h4-6,18H,7-8H2,1-3H3. The van der Waals surface area contributed by atoms with Crippen LogP contribution in [-0.2, 0) is 0 Å². The Morgan fingerprint density at radius 3 is 2.59 bits per heavy atom. The molecule has 1 N–H and O–H groups in total. The SMILES string of the molecule is CNCCN(C)C(=O)c1c(-c2c(Cl)cccc2Cl)noc1C. The van der Waals surface area contributed by atoms with Gasteiger partial charge in [0, 0.05) is 25.7 Å². The number of halogens is 2. The van der Waals surface area contributed by atoms with E-state index in [9.17, 15) is 4.79 Å². The molecule has 0 aliphatic rings. The maximum atomic E-state index is 12.7. The van der Waals surface area contributed by atoms with Crippen LogP contribution in [0.4, 0.5) is 0 Å². The molecular formula is C15H17Cl2N3O2. The van der Waals surface area contributed by atoms with Gasteiger partial charge < -0.3 is 14.7 Å². The number of carbonyl (C=O) groups excluding carboxylic acids is 1. The molecular weight excluding hydrogens is 325 g/mol. The first kappa shape index (κ1) is 16.8. The Balaban J connectivity index is 2.47. The second-order valence-corrected chi connectivity index (χ2v) is 5.70. The molecule has 0 unspecified atom stereocenters. The molecule has 2 aromatic rings. The highest BCUT2D eigenvalue weighted by atomic mass is 35.5. The normalized spacial score (nSPS) is 10.8. The number of hydrogen-bond donors (Lipinski definition) is 1. The summed E-state index contributed by atoms with van der Waals surface area (Å²) < 4.78 is 5.21. The highest BCUT2D eigenvalue weighted by molar-refractivity contribution is 6.39. The summed E-state index contributed by atoms with van der Waals surface area (Å²) in [4.78, 5) is 14.3. The minimum absolute atomic E-state index is 0.181. The molecule has 0 aliphatic heterocycles. The molecule has 0 radical (unpaired) electrons. The van der Waals surface area contributed by atoms with Gasteiger partial charge in [0.25, 0.3) is 5.91 Å². The van der Waals surface area contributed by atoms with Crippen molar-refractivity contribution in [3.05, 3.63) is 39.6 Å². The molecule has 0 aliphatic carbocycles. The van der Waals surface area contributed by atoms with E-state index >= 15 is 0 Å². The number of aromatic nitrogens is 1. The molecule has 2 rings (SSSR count). The first-order valence-corrected chi connectivity index (χ1v) is 7.53. The molecule has 5 nitrogen and oxygen atoms in total. The molecule has 7 heteroatoms. The monoisotopic (exact) mass is 341 g/mol. The lowest BCUT2D eigenvalue weighted by atomic mass is 10.0. The molecule has 22 heavy (non-hydrogen) atoms. The van der Waals surface area contributed by atoms with E-state index in [1.54, 1.807) is 37.1 Å². The lowest BCUT2D eigenvalue weighted by molar-refractivity contribution is 0.0796. The van der Waals surface area contributed by atoms with E-state index in [0.717, 1.165) is 0 Å². The zero-order chi connectivity index (χ0) is 16.3. The zero-order valence-electron chi connectivity index (χ0n) is 12.6. The summed E-state index contributed by atoms with van der Waals surface area (Å²) in [6.07, 6.45) is 0. The second kappa shape index (κ2) is 7.13. The number of carbonyl (C=O) groups is 1. The fraction of sp³-hybridized carbons (Fsp3) is 0.333. The Hall–Kier alpha value is -1.56. The molecule has 1 heterocycles. The zero-order valence-corrected chi connectivity index (χ0v) is 14.1. The number of hydrogen-bond acceptors (Lipinski definition) is 4. The van der Waals surface area contributed by atoms with Crippen molar-refractivity contribution in [1.29, 1.82) is 0 Å². The minimum Gasteiger partial charge on any atom is -0.360 e. The highest BCUT2D eigenvalue weighted by Crippen LogP contribution is 2.37. The van der Waals surface area contributed by atoms with E-state index in [4.69, 9.17) is 27.7 Å². The van der Waals surface area contributed by atoms with Crippen molar-refractivity contribution < 1.29 is 9.32 Å². The van der Waals surface area contributed by atoms with Gasteiger partial charge in [-0.15, -0.1) is 0 Å². The van der Waals surface area contributed by atoms with Crippen molar-refractivity contribution in [3.8, 4) is 11.3 Å². The van der Waals surface area contributed by atoms with Crippen molar-refractivity contribution in [1.82, 2.24) is 15.4 Å². The molecule has 1 amide bonds. The average molecular weight is 342 g/mol. The predicted molar refractivity (Wildman–Crippen MR) is 87.6 cm³/mol. The van der Waals surface area contributed by atoms with Gasteiger partial charge in [-0.2, -0.15) is 0 Å².